The fourth-order valence-corrected chi connectivity index (χ4v) is 2.41. The lowest BCUT2D eigenvalue weighted by molar-refractivity contribution is 0.660. The average molecular weight is 330 g/mol. The SMILES string of the molecule is CCn1cc(-c2nc(Cl)c(Br)c(C(C)C)n2)cn1. The highest BCUT2D eigenvalue weighted by Gasteiger charge is 2.15. The van der Waals surface area contributed by atoms with Crippen LogP contribution in [0.2, 0.25) is 5.15 Å². The lowest BCUT2D eigenvalue weighted by Gasteiger charge is -2.09. The molecule has 0 aromatic carbocycles. The second-order valence-corrected chi connectivity index (χ2v) is 5.43. The van der Waals surface area contributed by atoms with E-state index in [9.17, 15) is 0 Å². The van der Waals surface area contributed by atoms with Gasteiger partial charge in [-0.15, -0.1) is 0 Å². The van der Waals surface area contributed by atoms with Crippen LogP contribution in [-0.4, -0.2) is 19.7 Å². The molecule has 0 saturated heterocycles. The molecule has 2 aromatic heterocycles. The van der Waals surface area contributed by atoms with Gasteiger partial charge in [-0.2, -0.15) is 5.10 Å². The largest absolute Gasteiger partial charge is 0.272 e. The summed E-state index contributed by atoms with van der Waals surface area (Å²) in [5, 5.41) is 4.66. The predicted octanol–water partition coefficient (Wildman–Crippen LogP) is 3.90. The van der Waals surface area contributed by atoms with Gasteiger partial charge in [0.25, 0.3) is 0 Å². The van der Waals surface area contributed by atoms with E-state index < -0.39 is 0 Å². The highest BCUT2D eigenvalue weighted by molar-refractivity contribution is 9.10. The van der Waals surface area contributed by atoms with Gasteiger partial charge in [0.15, 0.2) is 5.82 Å². The quantitative estimate of drug-likeness (QED) is 0.802. The van der Waals surface area contributed by atoms with Crippen LogP contribution in [0.4, 0.5) is 0 Å². The molecule has 0 N–H and O–H groups in total. The summed E-state index contributed by atoms with van der Waals surface area (Å²) in [6.07, 6.45) is 3.68. The van der Waals surface area contributed by atoms with E-state index in [0.29, 0.717) is 11.0 Å². The molecule has 0 fully saturated rings. The summed E-state index contributed by atoms with van der Waals surface area (Å²) in [5.74, 6) is 0.895. The molecule has 2 aromatic rings. The minimum Gasteiger partial charge on any atom is -0.272 e. The highest BCUT2D eigenvalue weighted by atomic mass is 79.9. The van der Waals surface area contributed by atoms with E-state index in [0.717, 1.165) is 22.3 Å². The Labute approximate surface area is 120 Å². The van der Waals surface area contributed by atoms with E-state index in [4.69, 9.17) is 11.6 Å². The molecule has 6 heteroatoms. The summed E-state index contributed by atoms with van der Waals surface area (Å²) < 4.78 is 2.61. The van der Waals surface area contributed by atoms with Gasteiger partial charge in [0.05, 0.1) is 21.9 Å². The van der Waals surface area contributed by atoms with E-state index in [1.165, 1.54) is 0 Å². The van der Waals surface area contributed by atoms with Crippen LogP contribution in [-0.2, 0) is 6.54 Å². The minimum atomic E-state index is 0.278. The summed E-state index contributed by atoms with van der Waals surface area (Å²) in [4.78, 5) is 8.84. The van der Waals surface area contributed by atoms with Crippen molar-refractivity contribution in [3.05, 3.63) is 27.7 Å². The summed E-state index contributed by atoms with van der Waals surface area (Å²) in [5.41, 5.74) is 1.79. The zero-order chi connectivity index (χ0) is 13.3. The van der Waals surface area contributed by atoms with Crippen molar-refractivity contribution in [1.29, 1.82) is 0 Å². The predicted molar refractivity (Wildman–Crippen MR) is 75.7 cm³/mol. The molecule has 0 atom stereocenters. The van der Waals surface area contributed by atoms with Crippen LogP contribution in [0.1, 0.15) is 32.4 Å². The van der Waals surface area contributed by atoms with Crippen LogP contribution in [0.15, 0.2) is 16.9 Å². The second-order valence-electron chi connectivity index (χ2n) is 4.28. The van der Waals surface area contributed by atoms with Gasteiger partial charge in [-0.25, -0.2) is 9.97 Å². The van der Waals surface area contributed by atoms with E-state index in [-0.39, 0.29) is 5.92 Å². The molecule has 0 radical (unpaired) electrons. The lowest BCUT2D eigenvalue weighted by Crippen LogP contribution is -2.00. The van der Waals surface area contributed by atoms with Crippen LogP contribution in [0.5, 0.6) is 0 Å². The highest BCUT2D eigenvalue weighted by Crippen LogP contribution is 2.30. The first-order valence-corrected chi connectivity index (χ1v) is 6.95. The molecule has 4 nitrogen and oxygen atoms in total. The Morgan fingerprint density at radius 2 is 2.11 bits per heavy atom. The van der Waals surface area contributed by atoms with Crippen molar-refractivity contribution in [3.63, 3.8) is 0 Å². The van der Waals surface area contributed by atoms with E-state index in [1.807, 2.05) is 17.8 Å². The first-order chi connectivity index (χ1) is 8.52. The maximum atomic E-state index is 6.13. The first kappa shape index (κ1) is 13.5. The molecule has 0 unspecified atom stereocenters. The van der Waals surface area contributed by atoms with Crippen LogP contribution in [0.25, 0.3) is 11.4 Å². The number of rotatable bonds is 3. The normalized spacial score (nSPS) is 11.2. The smallest absolute Gasteiger partial charge is 0.164 e. The van der Waals surface area contributed by atoms with Crippen LogP contribution < -0.4 is 0 Å². The summed E-state index contributed by atoms with van der Waals surface area (Å²) in [6, 6.07) is 0. The third-order valence-corrected chi connectivity index (χ3v) is 3.88. The first-order valence-electron chi connectivity index (χ1n) is 5.78. The van der Waals surface area contributed by atoms with Crippen molar-refractivity contribution in [3.8, 4) is 11.4 Å². The standard InChI is InChI=1S/C12H14BrClN4/c1-4-18-6-8(5-15-18)12-16-10(7(2)3)9(13)11(14)17-12/h5-7H,4H2,1-3H3. The third-order valence-electron chi connectivity index (χ3n) is 2.60. The molecule has 0 aliphatic rings. The lowest BCUT2D eigenvalue weighted by atomic mass is 10.1. The topological polar surface area (TPSA) is 43.6 Å². The Bertz CT molecular complexity index is 565. The molecule has 96 valence electrons. The van der Waals surface area contributed by atoms with Gasteiger partial charge in [0.1, 0.15) is 5.15 Å². The van der Waals surface area contributed by atoms with Crippen molar-refractivity contribution in [2.24, 2.45) is 0 Å². The van der Waals surface area contributed by atoms with Crippen LogP contribution >= 0.6 is 27.5 Å². The van der Waals surface area contributed by atoms with Gasteiger partial charge in [-0.05, 0) is 28.8 Å². The molecule has 0 saturated carbocycles. The Hall–Kier alpha value is -0.940. The molecule has 2 rings (SSSR count). The maximum Gasteiger partial charge on any atom is 0.164 e. The summed E-state index contributed by atoms with van der Waals surface area (Å²) >= 11 is 9.56. The fraction of sp³-hybridized carbons (Fsp3) is 0.417. The maximum absolute atomic E-state index is 6.13. The van der Waals surface area contributed by atoms with E-state index in [1.54, 1.807) is 6.20 Å². The van der Waals surface area contributed by atoms with Crippen LogP contribution in [0, 0.1) is 0 Å². The number of hydrogen-bond donors (Lipinski definition) is 0. The fourth-order valence-electron chi connectivity index (χ4n) is 1.60. The number of nitrogens with zero attached hydrogens (tertiary/aromatic N) is 4. The zero-order valence-corrected chi connectivity index (χ0v) is 12.8. The number of halogens is 2. The van der Waals surface area contributed by atoms with E-state index >= 15 is 0 Å². The Kier molecular flexibility index (Phi) is 4.02. The zero-order valence-electron chi connectivity index (χ0n) is 10.5. The summed E-state index contributed by atoms with van der Waals surface area (Å²) in [6.45, 7) is 7.00. The summed E-state index contributed by atoms with van der Waals surface area (Å²) in [7, 11) is 0. The van der Waals surface area contributed by atoms with Crippen molar-refractivity contribution in [2.45, 2.75) is 33.2 Å². The van der Waals surface area contributed by atoms with Gasteiger partial charge in [-0.3, -0.25) is 4.68 Å². The monoisotopic (exact) mass is 328 g/mol. The Balaban J connectivity index is 2.51. The molecule has 0 aliphatic carbocycles. The molecular weight excluding hydrogens is 316 g/mol. The average Bonchev–Trinajstić information content (AvgIpc) is 2.80. The number of hydrogen-bond acceptors (Lipinski definition) is 3. The minimum absolute atomic E-state index is 0.278. The molecule has 0 bridgehead atoms. The van der Waals surface area contributed by atoms with Crippen LogP contribution in [0.3, 0.4) is 0 Å². The Morgan fingerprint density at radius 3 is 2.67 bits per heavy atom. The molecule has 0 spiro atoms. The van der Waals surface area contributed by atoms with Gasteiger partial charge >= 0.3 is 0 Å². The van der Waals surface area contributed by atoms with Gasteiger partial charge in [-0.1, -0.05) is 25.4 Å². The molecular formula is C12H14BrClN4. The second kappa shape index (κ2) is 5.36. The van der Waals surface area contributed by atoms with E-state index in [2.05, 4.69) is 44.8 Å². The molecule has 0 aliphatic heterocycles. The van der Waals surface area contributed by atoms with Crippen molar-refractivity contribution >= 4 is 27.5 Å². The van der Waals surface area contributed by atoms with Gasteiger partial charge in [0, 0.05) is 12.7 Å². The molecule has 18 heavy (non-hydrogen) atoms. The third kappa shape index (κ3) is 2.57. The van der Waals surface area contributed by atoms with Gasteiger partial charge in [0.2, 0.25) is 0 Å². The number of aromatic nitrogens is 4. The molecule has 2 heterocycles. The van der Waals surface area contributed by atoms with Gasteiger partial charge < -0.3 is 0 Å². The number of aryl methyl sites for hydroxylation is 1. The van der Waals surface area contributed by atoms with Crippen molar-refractivity contribution < 1.29 is 0 Å². The Morgan fingerprint density at radius 1 is 1.39 bits per heavy atom. The molecule has 0 amide bonds. The van der Waals surface area contributed by atoms with Crippen molar-refractivity contribution in [2.75, 3.05) is 0 Å². The van der Waals surface area contributed by atoms with Crippen molar-refractivity contribution in [1.82, 2.24) is 19.7 Å².